The van der Waals surface area contributed by atoms with E-state index in [1.807, 2.05) is 12.1 Å². The SMILES string of the molecule is CC1CC1(C)N1C(=O)CCc2cc(NSCCc3ccc(Cl)cc3)ccc21. The van der Waals surface area contributed by atoms with Crippen molar-refractivity contribution in [2.45, 2.75) is 45.1 Å². The molecule has 1 saturated carbocycles. The topological polar surface area (TPSA) is 32.3 Å². The van der Waals surface area contributed by atoms with E-state index in [9.17, 15) is 4.79 Å². The maximum atomic E-state index is 12.5. The van der Waals surface area contributed by atoms with Gasteiger partial charge in [-0.2, -0.15) is 0 Å². The number of nitrogens with zero attached hydrogens (tertiary/aromatic N) is 1. The molecule has 1 fully saturated rings. The smallest absolute Gasteiger partial charge is 0.227 e. The minimum atomic E-state index is 0.00846. The van der Waals surface area contributed by atoms with Crippen molar-refractivity contribution in [3.63, 3.8) is 0 Å². The summed E-state index contributed by atoms with van der Waals surface area (Å²) in [6.07, 6.45) is 3.54. The van der Waals surface area contributed by atoms with E-state index in [-0.39, 0.29) is 11.4 Å². The first-order valence-electron chi connectivity index (χ1n) is 9.55. The molecule has 0 bridgehead atoms. The molecule has 142 valence electrons. The van der Waals surface area contributed by atoms with Gasteiger partial charge in [0.2, 0.25) is 5.91 Å². The number of carbonyl (C=O) groups excluding carboxylic acids is 1. The van der Waals surface area contributed by atoms with Gasteiger partial charge in [0, 0.05) is 34.1 Å². The number of anilines is 2. The zero-order chi connectivity index (χ0) is 19.0. The van der Waals surface area contributed by atoms with Crippen LogP contribution in [0.5, 0.6) is 0 Å². The second-order valence-electron chi connectivity index (χ2n) is 7.86. The summed E-state index contributed by atoms with van der Waals surface area (Å²) in [6, 6.07) is 14.4. The fourth-order valence-corrected chi connectivity index (χ4v) is 4.80. The molecule has 5 heteroatoms. The highest BCUT2D eigenvalue weighted by Crippen LogP contribution is 2.51. The highest BCUT2D eigenvalue weighted by molar-refractivity contribution is 8.00. The van der Waals surface area contributed by atoms with Crippen LogP contribution in [0.2, 0.25) is 5.02 Å². The Kier molecular flexibility index (Phi) is 5.13. The maximum Gasteiger partial charge on any atom is 0.227 e. The molecule has 2 unspecified atom stereocenters. The highest BCUT2D eigenvalue weighted by atomic mass is 35.5. The van der Waals surface area contributed by atoms with E-state index in [2.05, 4.69) is 53.8 Å². The van der Waals surface area contributed by atoms with Gasteiger partial charge in [-0.3, -0.25) is 4.79 Å². The zero-order valence-corrected chi connectivity index (χ0v) is 17.4. The van der Waals surface area contributed by atoms with Crippen LogP contribution in [0.15, 0.2) is 42.5 Å². The third kappa shape index (κ3) is 3.83. The van der Waals surface area contributed by atoms with Crippen molar-refractivity contribution in [1.29, 1.82) is 0 Å². The molecule has 0 spiro atoms. The zero-order valence-electron chi connectivity index (χ0n) is 15.8. The number of rotatable bonds is 6. The summed E-state index contributed by atoms with van der Waals surface area (Å²) < 4.78 is 3.45. The van der Waals surface area contributed by atoms with Crippen LogP contribution >= 0.6 is 23.5 Å². The number of hydrogen-bond donors (Lipinski definition) is 1. The highest BCUT2D eigenvalue weighted by Gasteiger charge is 2.54. The molecule has 0 aromatic heterocycles. The lowest BCUT2D eigenvalue weighted by molar-refractivity contribution is -0.119. The molecule has 1 heterocycles. The van der Waals surface area contributed by atoms with Gasteiger partial charge in [-0.25, -0.2) is 0 Å². The molecule has 2 aliphatic rings. The van der Waals surface area contributed by atoms with E-state index in [0.29, 0.717) is 12.3 Å². The van der Waals surface area contributed by atoms with Gasteiger partial charge in [-0.1, -0.05) is 42.6 Å². The largest absolute Gasteiger partial charge is 0.330 e. The van der Waals surface area contributed by atoms with Gasteiger partial charge in [0.1, 0.15) is 0 Å². The van der Waals surface area contributed by atoms with Crippen molar-refractivity contribution in [2.24, 2.45) is 5.92 Å². The number of nitrogens with one attached hydrogen (secondary N) is 1. The lowest BCUT2D eigenvalue weighted by atomic mass is 9.98. The first-order valence-corrected chi connectivity index (χ1v) is 10.9. The predicted octanol–water partition coefficient (Wildman–Crippen LogP) is 5.72. The second kappa shape index (κ2) is 7.40. The number of amides is 1. The number of benzene rings is 2. The van der Waals surface area contributed by atoms with E-state index >= 15 is 0 Å². The Morgan fingerprint density at radius 2 is 1.96 bits per heavy atom. The van der Waals surface area contributed by atoms with Gasteiger partial charge in [0.15, 0.2) is 0 Å². The minimum absolute atomic E-state index is 0.00846. The molecule has 1 N–H and O–H groups in total. The molecule has 3 nitrogen and oxygen atoms in total. The van der Waals surface area contributed by atoms with E-state index < -0.39 is 0 Å². The minimum Gasteiger partial charge on any atom is -0.330 e. The Balaban J connectivity index is 1.38. The van der Waals surface area contributed by atoms with Crippen molar-refractivity contribution in [3.8, 4) is 0 Å². The van der Waals surface area contributed by atoms with Gasteiger partial charge in [0.25, 0.3) is 0 Å². The summed E-state index contributed by atoms with van der Waals surface area (Å²) in [5.74, 6) is 1.83. The Morgan fingerprint density at radius 1 is 1.22 bits per heavy atom. The molecule has 1 aliphatic heterocycles. The maximum absolute atomic E-state index is 12.5. The standard InChI is InChI=1S/C22H25ClN2OS/c1-15-14-22(15,2)25-20-9-8-19(13-17(20)5-10-21(25)26)24-27-12-11-16-3-6-18(23)7-4-16/h3-4,6-9,13,15,24H,5,10-12,14H2,1-2H3. The predicted molar refractivity (Wildman–Crippen MR) is 116 cm³/mol. The number of hydrogen-bond acceptors (Lipinski definition) is 3. The normalized spacial score (nSPS) is 23.9. The van der Waals surface area contributed by atoms with Crippen LogP contribution in [-0.4, -0.2) is 17.2 Å². The molecular weight excluding hydrogens is 376 g/mol. The summed E-state index contributed by atoms with van der Waals surface area (Å²) in [6.45, 7) is 4.44. The van der Waals surface area contributed by atoms with E-state index in [4.69, 9.17) is 11.6 Å². The van der Waals surface area contributed by atoms with Gasteiger partial charge in [-0.15, -0.1) is 0 Å². The van der Waals surface area contributed by atoms with Crippen LogP contribution in [0, 0.1) is 5.92 Å². The number of fused-ring (bicyclic) bond motifs is 1. The molecule has 2 atom stereocenters. The fraction of sp³-hybridized carbons (Fsp3) is 0.409. The van der Waals surface area contributed by atoms with Crippen LogP contribution in [0.25, 0.3) is 0 Å². The lowest BCUT2D eigenvalue weighted by Crippen LogP contribution is -2.44. The lowest BCUT2D eigenvalue weighted by Gasteiger charge is -2.35. The van der Waals surface area contributed by atoms with E-state index in [0.717, 1.165) is 41.4 Å². The van der Waals surface area contributed by atoms with Gasteiger partial charge < -0.3 is 9.62 Å². The van der Waals surface area contributed by atoms with Crippen LogP contribution in [0.1, 0.15) is 37.8 Å². The molecule has 2 aromatic rings. The monoisotopic (exact) mass is 400 g/mol. The summed E-state index contributed by atoms with van der Waals surface area (Å²) in [5.41, 5.74) is 4.79. The van der Waals surface area contributed by atoms with Crippen molar-refractivity contribution in [1.82, 2.24) is 0 Å². The Labute approximate surface area is 170 Å². The molecule has 1 amide bonds. The molecule has 0 saturated heterocycles. The Bertz CT molecular complexity index is 854. The molecule has 4 rings (SSSR count). The third-order valence-electron chi connectivity index (χ3n) is 5.91. The van der Waals surface area contributed by atoms with Crippen LogP contribution in [-0.2, 0) is 17.6 Å². The quantitative estimate of drug-likeness (QED) is 0.497. The molecule has 27 heavy (non-hydrogen) atoms. The summed E-state index contributed by atoms with van der Waals surface area (Å²) >= 11 is 7.64. The molecular formula is C22H25ClN2OS. The molecule has 0 radical (unpaired) electrons. The van der Waals surface area contributed by atoms with Gasteiger partial charge in [-0.05, 0) is 73.6 Å². The summed E-state index contributed by atoms with van der Waals surface area (Å²) in [5, 5.41) is 0.778. The van der Waals surface area contributed by atoms with Crippen molar-refractivity contribution >= 4 is 40.8 Å². The fourth-order valence-electron chi connectivity index (χ4n) is 3.94. The number of aryl methyl sites for hydroxylation is 2. The van der Waals surface area contributed by atoms with Crippen molar-refractivity contribution < 1.29 is 4.79 Å². The number of carbonyl (C=O) groups is 1. The van der Waals surface area contributed by atoms with Crippen LogP contribution in [0.4, 0.5) is 11.4 Å². The van der Waals surface area contributed by atoms with Crippen molar-refractivity contribution in [3.05, 3.63) is 58.6 Å². The first kappa shape index (κ1) is 18.7. The molecule has 2 aromatic carbocycles. The Hall–Kier alpha value is -1.65. The van der Waals surface area contributed by atoms with Gasteiger partial charge in [0.05, 0.1) is 0 Å². The van der Waals surface area contributed by atoms with Crippen LogP contribution in [0.3, 0.4) is 0 Å². The van der Waals surface area contributed by atoms with Gasteiger partial charge >= 0.3 is 0 Å². The van der Waals surface area contributed by atoms with E-state index in [1.54, 1.807) is 11.9 Å². The Morgan fingerprint density at radius 3 is 2.67 bits per heavy atom. The first-order chi connectivity index (χ1) is 13.0. The summed E-state index contributed by atoms with van der Waals surface area (Å²) in [4.78, 5) is 14.6. The second-order valence-corrected chi connectivity index (χ2v) is 9.20. The third-order valence-corrected chi connectivity index (χ3v) is 6.95. The van der Waals surface area contributed by atoms with Crippen LogP contribution < -0.4 is 9.62 Å². The number of halogens is 1. The summed E-state index contributed by atoms with van der Waals surface area (Å²) in [7, 11) is 0. The van der Waals surface area contributed by atoms with Crippen molar-refractivity contribution in [2.75, 3.05) is 15.4 Å². The van der Waals surface area contributed by atoms with E-state index in [1.165, 1.54) is 11.1 Å². The average Bonchev–Trinajstić information content (AvgIpc) is 3.27. The average molecular weight is 401 g/mol. The molecule has 1 aliphatic carbocycles.